The standard InChI is InChI=1S/C29H31FO4/c1-29(2,3)26-13-18(5-10-24(26)25-16-21(33-4)9-12-27(25)30)17-34-22-8-11-23-19(14-22)6-7-20(23)15-28(31)32/h5,8-14,16,20H,6-7,15,17H2,1-4H3,(H,31,32). The molecule has 0 saturated heterocycles. The molecule has 4 rings (SSSR count). The maximum atomic E-state index is 14.7. The summed E-state index contributed by atoms with van der Waals surface area (Å²) in [5.74, 6) is 0.431. The molecular formula is C29H31FO4. The van der Waals surface area contributed by atoms with Gasteiger partial charge in [-0.25, -0.2) is 4.39 Å². The van der Waals surface area contributed by atoms with E-state index in [1.165, 1.54) is 11.6 Å². The van der Waals surface area contributed by atoms with Gasteiger partial charge in [0.15, 0.2) is 0 Å². The second-order valence-electron chi connectivity index (χ2n) is 9.96. The fourth-order valence-electron chi connectivity index (χ4n) is 4.74. The topological polar surface area (TPSA) is 55.8 Å². The van der Waals surface area contributed by atoms with Crippen molar-refractivity contribution in [2.75, 3.05) is 7.11 Å². The van der Waals surface area contributed by atoms with Gasteiger partial charge in [-0.2, -0.15) is 0 Å². The van der Waals surface area contributed by atoms with Crippen molar-refractivity contribution >= 4 is 5.97 Å². The summed E-state index contributed by atoms with van der Waals surface area (Å²) >= 11 is 0. The lowest BCUT2D eigenvalue weighted by Gasteiger charge is -2.24. The lowest BCUT2D eigenvalue weighted by Crippen LogP contribution is -2.14. The van der Waals surface area contributed by atoms with Crippen LogP contribution in [-0.2, 0) is 23.2 Å². The van der Waals surface area contributed by atoms with Crippen molar-refractivity contribution in [3.63, 3.8) is 0 Å². The summed E-state index contributed by atoms with van der Waals surface area (Å²) in [6.07, 6.45) is 1.91. The Morgan fingerprint density at radius 1 is 1.03 bits per heavy atom. The summed E-state index contributed by atoms with van der Waals surface area (Å²) in [6.45, 7) is 6.73. The van der Waals surface area contributed by atoms with E-state index in [0.717, 1.165) is 40.8 Å². The molecule has 0 fully saturated rings. The van der Waals surface area contributed by atoms with Crippen LogP contribution in [0.3, 0.4) is 0 Å². The summed E-state index contributed by atoms with van der Waals surface area (Å²) < 4.78 is 26.1. The SMILES string of the molecule is COc1ccc(F)c(-c2ccc(COc3ccc4c(c3)CCC4CC(=O)O)cc2C(C)(C)C)c1. The van der Waals surface area contributed by atoms with E-state index in [1.54, 1.807) is 19.2 Å². The van der Waals surface area contributed by atoms with Gasteiger partial charge in [0, 0.05) is 5.56 Å². The number of carboxylic acid groups (broad SMARTS) is 1. The number of halogens is 1. The van der Waals surface area contributed by atoms with Crippen molar-refractivity contribution in [3.05, 3.63) is 82.7 Å². The number of methoxy groups -OCH3 is 1. The van der Waals surface area contributed by atoms with Crippen molar-refractivity contribution in [2.24, 2.45) is 0 Å². The van der Waals surface area contributed by atoms with E-state index in [0.29, 0.717) is 17.9 Å². The van der Waals surface area contributed by atoms with E-state index >= 15 is 0 Å². The summed E-state index contributed by atoms with van der Waals surface area (Å²) in [4.78, 5) is 11.1. The number of benzene rings is 3. The zero-order valence-corrected chi connectivity index (χ0v) is 20.2. The van der Waals surface area contributed by atoms with Crippen molar-refractivity contribution in [1.82, 2.24) is 0 Å². The van der Waals surface area contributed by atoms with E-state index in [2.05, 4.69) is 26.8 Å². The molecule has 0 bridgehead atoms. The molecule has 3 aromatic rings. The first-order valence-electron chi connectivity index (χ1n) is 11.6. The maximum absolute atomic E-state index is 14.7. The second kappa shape index (κ2) is 9.49. The number of fused-ring (bicyclic) bond motifs is 1. The van der Waals surface area contributed by atoms with Crippen LogP contribution in [0.25, 0.3) is 11.1 Å². The summed E-state index contributed by atoms with van der Waals surface area (Å²) in [6, 6.07) is 16.8. The van der Waals surface area contributed by atoms with Gasteiger partial charge in [0.1, 0.15) is 23.9 Å². The van der Waals surface area contributed by atoms with Crippen molar-refractivity contribution in [3.8, 4) is 22.6 Å². The smallest absolute Gasteiger partial charge is 0.303 e. The monoisotopic (exact) mass is 462 g/mol. The minimum Gasteiger partial charge on any atom is -0.497 e. The summed E-state index contributed by atoms with van der Waals surface area (Å²) in [5.41, 5.74) is 5.49. The fraction of sp³-hybridized carbons (Fsp3) is 0.345. The molecule has 0 spiro atoms. The Labute approximate surface area is 200 Å². The first kappa shape index (κ1) is 23.8. The van der Waals surface area contributed by atoms with E-state index in [-0.39, 0.29) is 23.6 Å². The number of rotatable bonds is 7. The normalized spacial score (nSPS) is 15.1. The molecule has 5 heteroatoms. The van der Waals surface area contributed by atoms with Crippen LogP contribution in [-0.4, -0.2) is 18.2 Å². The molecule has 0 aromatic heterocycles. The van der Waals surface area contributed by atoms with Crippen molar-refractivity contribution in [1.29, 1.82) is 0 Å². The van der Waals surface area contributed by atoms with Crippen LogP contribution < -0.4 is 9.47 Å². The average molecular weight is 463 g/mol. The van der Waals surface area contributed by atoms with Gasteiger partial charge in [0.2, 0.25) is 0 Å². The maximum Gasteiger partial charge on any atom is 0.303 e. The molecule has 0 radical (unpaired) electrons. The third-order valence-corrected chi connectivity index (χ3v) is 6.50. The van der Waals surface area contributed by atoms with Gasteiger partial charge in [-0.15, -0.1) is 0 Å². The van der Waals surface area contributed by atoms with Crippen LogP contribution in [0.15, 0.2) is 54.6 Å². The first-order valence-corrected chi connectivity index (χ1v) is 11.6. The van der Waals surface area contributed by atoms with Gasteiger partial charge < -0.3 is 14.6 Å². The molecule has 1 aliphatic carbocycles. The highest BCUT2D eigenvalue weighted by atomic mass is 19.1. The molecule has 4 nitrogen and oxygen atoms in total. The number of hydrogen-bond donors (Lipinski definition) is 1. The molecule has 0 saturated carbocycles. The molecule has 178 valence electrons. The van der Waals surface area contributed by atoms with Crippen LogP contribution in [0.5, 0.6) is 11.5 Å². The van der Waals surface area contributed by atoms with Crippen LogP contribution in [0.2, 0.25) is 0 Å². The Hall–Kier alpha value is -3.34. The van der Waals surface area contributed by atoms with Crippen LogP contribution in [0.1, 0.15) is 61.8 Å². The van der Waals surface area contributed by atoms with E-state index in [9.17, 15) is 9.18 Å². The van der Waals surface area contributed by atoms with Gasteiger partial charge in [-0.1, -0.05) is 45.0 Å². The minimum atomic E-state index is -0.759. The van der Waals surface area contributed by atoms with Gasteiger partial charge in [0.05, 0.1) is 13.5 Å². The number of carboxylic acids is 1. The number of carbonyl (C=O) groups is 1. The second-order valence-corrected chi connectivity index (χ2v) is 9.96. The van der Waals surface area contributed by atoms with Gasteiger partial charge in [0.25, 0.3) is 0 Å². The molecular weight excluding hydrogens is 431 g/mol. The number of aliphatic carboxylic acids is 1. The number of aryl methyl sites for hydroxylation is 1. The molecule has 3 aromatic carbocycles. The molecule has 1 unspecified atom stereocenters. The lowest BCUT2D eigenvalue weighted by molar-refractivity contribution is -0.137. The Balaban J connectivity index is 1.57. The van der Waals surface area contributed by atoms with Crippen molar-refractivity contribution < 1.29 is 23.8 Å². The summed E-state index contributed by atoms with van der Waals surface area (Å²) in [7, 11) is 1.58. The molecule has 1 aliphatic rings. The molecule has 1 N–H and O–H groups in total. The predicted molar refractivity (Wildman–Crippen MR) is 131 cm³/mol. The van der Waals surface area contributed by atoms with E-state index < -0.39 is 5.97 Å². The van der Waals surface area contributed by atoms with E-state index in [1.807, 2.05) is 30.3 Å². The van der Waals surface area contributed by atoms with Gasteiger partial charge in [-0.3, -0.25) is 4.79 Å². The Morgan fingerprint density at radius 2 is 1.79 bits per heavy atom. The molecule has 34 heavy (non-hydrogen) atoms. The fourth-order valence-corrected chi connectivity index (χ4v) is 4.74. The van der Waals surface area contributed by atoms with Crippen LogP contribution in [0.4, 0.5) is 4.39 Å². The Kier molecular flexibility index (Phi) is 6.65. The highest BCUT2D eigenvalue weighted by molar-refractivity contribution is 5.71. The Morgan fingerprint density at radius 3 is 2.50 bits per heavy atom. The van der Waals surface area contributed by atoms with Crippen molar-refractivity contribution in [2.45, 2.75) is 58.0 Å². The van der Waals surface area contributed by atoms with Crippen LogP contribution in [0, 0.1) is 5.82 Å². The zero-order chi connectivity index (χ0) is 24.5. The van der Waals surface area contributed by atoms with Gasteiger partial charge >= 0.3 is 5.97 Å². The van der Waals surface area contributed by atoms with Crippen LogP contribution >= 0.6 is 0 Å². The van der Waals surface area contributed by atoms with E-state index in [4.69, 9.17) is 14.6 Å². The Bertz CT molecular complexity index is 1210. The number of hydrogen-bond acceptors (Lipinski definition) is 3. The lowest BCUT2D eigenvalue weighted by atomic mass is 9.81. The number of ether oxygens (including phenoxy) is 2. The third kappa shape index (κ3) is 5.09. The van der Waals surface area contributed by atoms with Gasteiger partial charge in [-0.05, 0) is 82.3 Å². The first-order chi connectivity index (χ1) is 16.2. The quantitative estimate of drug-likeness (QED) is 0.416. The molecule has 0 heterocycles. The minimum absolute atomic E-state index is 0.0837. The third-order valence-electron chi connectivity index (χ3n) is 6.50. The summed E-state index contributed by atoms with van der Waals surface area (Å²) in [5, 5.41) is 9.13. The predicted octanol–water partition coefficient (Wildman–Crippen LogP) is 6.88. The average Bonchev–Trinajstić information content (AvgIpc) is 3.18. The zero-order valence-electron chi connectivity index (χ0n) is 20.2. The largest absolute Gasteiger partial charge is 0.497 e. The highest BCUT2D eigenvalue weighted by Crippen LogP contribution is 2.38. The molecule has 0 aliphatic heterocycles. The highest BCUT2D eigenvalue weighted by Gasteiger charge is 2.25. The molecule has 0 amide bonds. The molecule has 1 atom stereocenters.